The van der Waals surface area contributed by atoms with Gasteiger partial charge in [-0.3, -0.25) is 0 Å². The number of hydrogen-bond acceptors (Lipinski definition) is 3. The summed E-state index contributed by atoms with van der Waals surface area (Å²) < 4.78 is 10.8. The Balaban J connectivity index is 1.92. The van der Waals surface area contributed by atoms with E-state index in [9.17, 15) is 4.79 Å². The van der Waals surface area contributed by atoms with Crippen LogP contribution in [0.15, 0.2) is 42.5 Å². The SMILES string of the molecule is Cc1cc(C)cc(OCC(=O)Oc2ccc(C(C)(C)C)cc2)c1. The lowest BCUT2D eigenvalue weighted by Gasteiger charge is -2.19. The Morgan fingerprint density at radius 3 is 2.00 bits per heavy atom. The largest absolute Gasteiger partial charge is 0.482 e. The molecule has 0 saturated heterocycles. The van der Waals surface area contributed by atoms with Gasteiger partial charge in [-0.2, -0.15) is 0 Å². The average Bonchev–Trinajstić information content (AvgIpc) is 2.44. The van der Waals surface area contributed by atoms with Crippen molar-refractivity contribution in [2.75, 3.05) is 6.61 Å². The van der Waals surface area contributed by atoms with Gasteiger partial charge >= 0.3 is 5.97 Å². The molecule has 2 aromatic rings. The summed E-state index contributed by atoms with van der Waals surface area (Å²) in [5.41, 5.74) is 3.48. The summed E-state index contributed by atoms with van der Waals surface area (Å²) in [6.45, 7) is 10.3. The second-order valence-corrected chi connectivity index (χ2v) is 6.86. The molecule has 3 heteroatoms. The van der Waals surface area contributed by atoms with Crippen LogP contribution < -0.4 is 9.47 Å². The number of carbonyl (C=O) groups excluding carboxylic acids is 1. The number of hydrogen-bond donors (Lipinski definition) is 0. The van der Waals surface area contributed by atoms with Crippen LogP contribution in [0.5, 0.6) is 11.5 Å². The maximum atomic E-state index is 11.9. The van der Waals surface area contributed by atoms with Crippen molar-refractivity contribution in [1.82, 2.24) is 0 Å². The van der Waals surface area contributed by atoms with Crippen molar-refractivity contribution in [2.24, 2.45) is 0 Å². The normalized spacial score (nSPS) is 11.2. The van der Waals surface area contributed by atoms with Gasteiger partial charge in [0.25, 0.3) is 0 Å². The Morgan fingerprint density at radius 2 is 1.48 bits per heavy atom. The number of esters is 1. The highest BCUT2D eigenvalue weighted by atomic mass is 16.6. The Morgan fingerprint density at radius 1 is 0.913 bits per heavy atom. The fourth-order valence-corrected chi connectivity index (χ4v) is 2.34. The molecule has 0 amide bonds. The van der Waals surface area contributed by atoms with Crippen LogP contribution in [0.3, 0.4) is 0 Å². The fourth-order valence-electron chi connectivity index (χ4n) is 2.34. The summed E-state index contributed by atoms with van der Waals surface area (Å²) >= 11 is 0. The van der Waals surface area contributed by atoms with E-state index in [0.717, 1.165) is 11.1 Å². The zero-order chi connectivity index (χ0) is 17.0. The third-order valence-corrected chi connectivity index (χ3v) is 3.50. The minimum absolute atomic E-state index is 0.0781. The monoisotopic (exact) mass is 312 g/mol. The molecule has 0 aliphatic heterocycles. The summed E-state index contributed by atoms with van der Waals surface area (Å²) in [7, 11) is 0. The highest BCUT2D eigenvalue weighted by Gasteiger charge is 2.14. The summed E-state index contributed by atoms with van der Waals surface area (Å²) in [6, 6.07) is 13.4. The van der Waals surface area contributed by atoms with Crippen molar-refractivity contribution >= 4 is 5.97 Å². The van der Waals surface area contributed by atoms with E-state index in [1.165, 1.54) is 5.56 Å². The van der Waals surface area contributed by atoms with E-state index in [1.807, 2.05) is 50.2 Å². The standard InChI is InChI=1S/C20H24O3/c1-14-10-15(2)12-18(11-14)22-13-19(21)23-17-8-6-16(7-9-17)20(3,4)5/h6-12H,13H2,1-5H3. The third kappa shape index (κ3) is 5.13. The Hall–Kier alpha value is -2.29. The number of rotatable bonds is 4. The van der Waals surface area contributed by atoms with Gasteiger partial charge in [0.15, 0.2) is 6.61 Å². The van der Waals surface area contributed by atoms with Crippen molar-refractivity contribution in [1.29, 1.82) is 0 Å². The molecule has 23 heavy (non-hydrogen) atoms. The molecule has 0 atom stereocenters. The number of ether oxygens (including phenoxy) is 2. The van der Waals surface area contributed by atoms with Crippen LogP contribution in [-0.2, 0) is 10.2 Å². The van der Waals surface area contributed by atoms with E-state index in [1.54, 1.807) is 0 Å². The zero-order valence-corrected chi connectivity index (χ0v) is 14.5. The van der Waals surface area contributed by atoms with Crippen LogP contribution in [0.2, 0.25) is 0 Å². The van der Waals surface area contributed by atoms with Gasteiger partial charge in [0.05, 0.1) is 0 Å². The average molecular weight is 312 g/mol. The molecule has 2 aromatic carbocycles. The van der Waals surface area contributed by atoms with Crippen molar-refractivity contribution in [3.63, 3.8) is 0 Å². The van der Waals surface area contributed by atoms with Gasteiger partial charge in [0, 0.05) is 0 Å². The lowest BCUT2D eigenvalue weighted by atomic mass is 9.87. The molecule has 0 bridgehead atoms. The third-order valence-electron chi connectivity index (χ3n) is 3.50. The molecule has 0 aliphatic carbocycles. The molecular formula is C20H24O3. The number of benzene rings is 2. The molecule has 3 nitrogen and oxygen atoms in total. The molecule has 0 spiro atoms. The predicted molar refractivity (Wildman–Crippen MR) is 92.2 cm³/mol. The van der Waals surface area contributed by atoms with E-state index >= 15 is 0 Å². The van der Waals surface area contributed by atoms with Gasteiger partial charge in [-0.25, -0.2) is 4.79 Å². The molecule has 0 aliphatic rings. The maximum absolute atomic E-state index is 11.9. The molecule has 0 unspecified atom stereocenters. The zero-order valence-electron chi connectivity index (χ0n) is 14.5. The molecule has 0 radical (unpaired) electrons. The van der Waals surface area contributed by atoms with Gasteiger partial charge in [-0.15, -0.1) is 0 Å². The first-order valence-corrected chi connectivity index (χ1v) is 7.76. The maximum Gasteiger partial charge on any atom is 0.349 e. The van der Waals surface area contributed by atoms with Crippen LogP contribution in [0.1, 0.15) is 37.5 Å². The first-order chi connectivity index (χ1) is 10.7. The molecule has 0 aromatic heterocycles. The molecule has 0 N–H and O–H groups in total. The Kier molecular flexibility index (Phi) is 5.09. The summed E-state index contributed by atoms with van der Waals surface area (Å²) in [5.74, 6) is 0.808. The smallest absolute Gasteiger partial charge is 0.349 e. The quantitative estimate of drug-likeness (QED) is 0.612. The fraction of sp³-hybridized carbons (Fsp3) is 0.350. The minimum Gasteiger partial charge on any atom is -0.482 e. The number of carbonyl (C=O) groups is 1. The van der Waals surface area contributed by atoms with Gasteiger partial charge in [-0.1, -0.05) is 39.0 Å². The van der Waals surface area contributed by atoms with Crippen LogP contribution in [0.25, 0.3) is 0 Å². The van der Waals surface area contributed by atoms with Gasteiger partial charge < -0.3 is 9.47 Å². The van der Waals surface area contributed by atoms with Gasteiger partial charge in [0.1, 0.15) is 11.5 Å². The minimum atomic E-state index is -0.410. The van der Waals surface area contributed by atoms with Crippen LogP contribution in [0.4, 0.5) is 0 Å². The van der Waals surface area contributed by atoms with E-state index < -0.39 is 5.97 Å². The van der Waals surface area contributed by atoms with Crippen molar-refractivity contribution < 1.29 is 14.3 Å². The van der Waals surface area contributed by atoms with E-state index in [-0.39, 0.29) is 12.0 Å². The summed E-state index contributed by atoms with van der Waals surface area (Å²) in [6.07, 6.45) is 0. The molecule has 0 heterocycles. The van der Waals surface area contributed by atoms with E-state index in [2.05, 4.69) is 26.8 Å². The van der Waals surface area contributed by atoms with E-state index in [4.69, 9.17) is 9.47 Å². The van der Waals surface area contributed by atoms with Gasteiger partial charge in [0.2, 0.25) is 0 Å². The second kappa shape index (κ2) is 6.86. The van der Waals surface area contributed by atoms with Crippen molar-refractivity contribution in [3.05, 3.63) is 59.2 Å². The molecule has 122 valence electrons. The van der Waals surface area contributed by atoms with Crippen LogP contribution in [0, 0.1) is 13.8 Å². The number of aryl methyl sites for hydroxylation is 2. The first-order valence-electron chi connectivity index (χ1n) is 7.76. The second-order valence-electron chi connectivity index (χ2n) is 6.86. The lowest BCUT2D eigenvalue weighted by Crippen LogP contribution is -2.18. The topological polar surface area (TPSA) is 35.5 Å². The highest BCUT2D eigenvalue weighted by molar-refractivity contribution is 5.74. The molecule has 0 fully saturated rings. The predicted octanol–water partition coefficient (Wildman–Crippen LogP) is 4.59. The van der Waals surface area contributed by atoms with Crippen molar-refractivity contribution in [2.45, 2.75) is 40.0 Å². The Labute approximate surface area is 138 Å². The summed E-state index contributed by atoms with van der Waals surface area (Å²) in [4.78, 5) is 11.9. The Bertz CT molecular complexity index is 659. The first kappa shape index (κ1) is 17.1. The van der Waals surface area contributed by atoms with Crippen LogP contribution in [-0.4, -0.2) is 12.6 Å². The molecule has 0 saturated carbocycles. The molecular weight excluding hydrogens is 288 g/mol. The van der Waals surface area contributed by atoms with Gasteiger partial charge in [-0.05, 0) is 60.2 Å². The highest BCUT2D eigenvalue weighted by Crippen LogP contribution is 2.24. The molecule has 2 rings (SSSR count). The summed E-state index contributed by atoms with van der Waals surface area (Å²) in [5, 5.41) is 0. The van der Waals surface area contributed by atoms with E-state index in [0.29, 0.717) is 11.5 Å². The van der Waals surface area contributed by atoms with Crippen LogP contribution >= 0.6 is 0 Å². The van der Waals surface area contributed by atoms with Crippen molar-refractivity contribution in [3.8, 4) is 11.5 Å². The lowest BCUT2D eigenvalue weighted by molar-refractivity contribution is -0.136.